The van der Waals surface area contributed by atoms with E-state index in [1.807, 2.05) is 19.1 Å². The van der Waals surface area contributed by atoms with E-state index in [9.17, 15) is 9.59 Å². The molecule has 0 saturated carbocycles. The summed E-state index contributed by atoms with van der Waals surface area (Å²) in [7, 11) is 0. The molecule has 1 heterocycles. The van der Waals surface area contributed by atoms with Crippen LogP contribution in [0, 0.1) is 0 Å². The predicted octanol–water partition coefficient (Wildman–Crippen LogP) is 2.65. The molecular formula is C19H18N4O3. The minimum Gasteiger partial charge on any atom is -0.451 e. The third-order valence-electron chi connectivity index (χ3n) is 4.02. The van der Waals surface area contributed by atoms with Crippen molar-refractivity contribution in [2.45, 2.75) is 26.4 Å². The number of hydrogen-bond donors (Lipinski definition) is 0. The Morgan fingerprint density at radius 3 is 2.50 bits per heavy atom. The smallest absolute Gasteiger partial charge is 0.341 e. The highest BCUT2D eigenvalue weighted by Gasteiger charge is 2.22. The first-order valence-corrected chi connectivity index (χ1v) is 8.26. The van der Waals surface area contributed by atoms with Gasteiger partial charge in [-0.05, 0) is 41.5 Å². The standard InChI is InChI=1S/C19H18N4O3/c1-3-14-8-10-15(11-9-14)18(24)13(2)26-19(25)16-6-4-5-7-17(16)23-12-20-21-22-23/h4-13H,3H2,1-2H3/t13-/m1/s1. The Kier molecular flexibility index (Phi) is 5.17. The van der Waals surface area contributed by atoms with Crippen LogP contribution in [0.15, 0.2) is 54.9 Å². The number of nitrogens with zero attached hydrogens (tertiary/aromatic N) is 4. The largest absolute Gasteiger partial charge is 0.451 e. The molecule has 0 bridgehead atoms. The number of esters is 1. The second-order valence-electron chi connectivity index (χ2n) is 5.73. The second kappa shape index (κ2) is 7.69. The normalized spacial score (nSPS) is 11.8. The number of Topliss-reactive ketones (excluding diaryl/α,β-unsaturated/α-hetero) is 1. The fourth-order valence-corrected chi connectivity index (χ4v) is 2.53. The molecule has 132 valence electrons. The van der Waals surface area contributed by atoms with Crippen LogP contribution in [0.1, 0.15) is 40.1 Å². The summed E-state index contributed by atoms with van der Waals surface area (Å²) in [6.45, 7) is 3.61. The number of ketones is 1. The van der Waals surface area contributed by atoms with E-state index in [0.29, 0.717) is 11.3 Å². The van der Waals surface area contributed by atoms with E-state index in [2.05, 4.69) is 15.5 Å². The predicted molar refractivity (Wildman–Crippen MR) is 94.2 cm³/mol. The molecule has 7 heteroatoms. The third-order valence-corrected chi connectivity index (χ3v) is 4.02. The zero-order valence-electron chi connectivity index (χ0n) is 14.5. The molecule has 2 aromatic carbocycles. The number of carbonyl (C=O) groups excluding carboxylic acids is 2. The average Bonchev–Trinajstić information content (AvgIpc) is 3.22. The van der Waals surface area contributed by atoms with Gasteiger partial charge >= 0.3 is 5.97 Å². The second-order valence-corrected chi connectivity index (χ2v) is 5.73. The molecule has 26 heavy (non-hydrogen) atoms. The van der Waals surface area contributed by atoms with Crippen molar-refractivity contribution in [2.75, 3.05) is 0 Å². The molecule has 0 spiro atoms. The molecule has 7 nitrogen and oxygen atoms in total. The number of aromatic nitrogens is 4. The first kappa shape index (κ1) is 17.5. The van der Waals surface area contributed by atoms with Crippen molar-refractivity contribution in [1.29, 1.82) is 0 Å². The number of ether oxygens (including phenoxy) is 1. The molecule has 0 fully saturated rings. The highest BCUT2D eigenvalue weighted by molar-refractivity contribution is 6.02. The monoisotopic (exact) mass is 350 g/mol. The Balaban J connectivity index is 1.76. The number of hydrogen-bond acceptors (Lipinski definition) is 6. The van der Waals surface area contributed by atoms with Gasteiger partial charge in [0.15, 0.2) is 6.10 Å². The Bertz CT molecular complexity index is 905. The molecule has 0 N–H and O–H groups in total. The lowest BCUT2D eigenvalue weighted by atomic mass is 10.0. The van der Waals surface area contributed by atoms with Gasteiger partial charge in [0.05, 0.1) is 11.3 Å². The van der Waals surface area contributed by atoms with E-state index in [1.54, 1.807) is 43.3 Å². The summed E-state index contributed by atoms with van der Waals surface area (Å²) in [5, 5.41) is 10.9. The summed E-state index contributed by atoms with van der Waals surface area (Å²) in [6, 6.07) is 14.1. The number of carbonyl (C=O) groups is 2. The van der Waals surface area contributed by atoms with Gasteiger partial charge in [-0.15, -0.1) is 5.10 Å². The number of benzene rings is 2. The Labute approximate surface area is 150 Å². The van der Waals surface area contributed by atoms with Crippen LogP contribution in [0.4, 0.5) is 0 Å². The Morgan fingerprint density at radius 2 is 1.85 bits per heavy atom. The maximum Gasteiger partial charge on any atom is 0.341 e. The quantitative estimate of drug-likeness (QED) is 0.502. The van der Waals surface area contributed by atoms with Crippen LogP contribution in [0.5, 0.6) is 0 Å². The lowest BCUT2D eigenvalue weighted by Crippen LogP contribution is -2.25. The minimum absolute atomic E-state index is 0.249. The molecular weight excluding hydrogens is 332 g/mol. The number of tetrazole rings is 1. The van der Waals surface area contributed by atoms with Gasteiger partial charge in [0.1, 0.15) is 6.33 Å². The molecule has 0 amide bonds. The van der Waals surface area contributed by atoms with Crippen molar-refractivity contribution < 1.29 is 14.3 Å². The summed E-state index contributed by atoms with van der Waals surface area (Å²) in [5.74, 6) is -0.858. The van der Waals surface area contributed by atoms with Gasteiger partial charge in [0.25, 0.3) is 0 Å². The van der Waals surface area contributed by atoms with Crippen LogP contribution in [0.3, 0.4) is 0 Å². The van der Waals surface area contributed by atoms with E-state index in [0.717, 1.165) is 12.0 Å². The summed E-state index contributed by atoms with van der Waals surface area (Å²) < 4.78 is 6.75. The molecule has 0 saturated heterocycles. The van der Waals surface area contributed by atoms with Gasteiger partial charge in [-0.25, -0.2) is 4.79 Å². The van der Waals surface area contributed by atoms with Crippen molar-refractivity contribution in [2.24, 2.45) is 0 Å². The van der Waals surface area contributed by atoms with E-state index >= 15 is 0 Å². The zero-order valence-corrected chi connectivity index (χ0v) is 14.5. The first-order chi connectivity index (χ1) is 12.6. The van der Waals surface area contributed by atoms with Crippen LogP contribution in [-0.4, -0.2) is 38.1 Å². The van der Waals surface area contributed by atoms with Gasteiger partial charge in [-0.2, -0.15) is 4.68 Å². The molecule has 1 atom stereocenters. The molecule has 1 aromatic heterocycles. The Morgan fingerprint density at radius 1 is 1.12 bits per heavy atom. The summed E-state index contributed by atoms with van der Waals surface area (Å²) in [4.78, 5) is 25.1. The number of para-hydroxylation sites is 1. The highest BCUT2D eigenvalue weighted by atomic mass is 16.5. The zero-order chi connectivity index (χ0) is 18.5. The lowest BCUT2D eigenvalue weighted by Gasteiger charge is -2.14. The van der Waals surface area contributed by atoms with Gasteiger partial charge in [-0.1, -0.05) is 43.3 Å². The van der Waals surface area contributed by atoms with Crippen molar-refractivity contribution in [3.05, 3.63) is 71.5 Å². The Hall–Kier alpha value is -3.35. The molecule has 0 aliphatic carbocycles. The number of rotatable bonds is 6. The lowest BCUT2D eigenvalue weighted by molar-refractivity contribution is 0.0318. The molecule has 0 radical (unpaired) electrons. The number of aryl methyl sites for hydroxylation is 1. The third kappa shape index (κ3) is 3.66. The van der Waals surface area contributed by atoms with Crippen LogP contribution >= 0.6 is 0 Å². The van der Waals surface area contributed by atoms with Gasteiger partial charge < -0.3 is 4.74 Å². The average molecular weight is 350 g/mol. The van der Waals surface area contributed by atoms with Crippen molar-refractivity contribution in [3.8, 4) is 5.69 Å². The van der Waals surface area contributed by atoms with E-state index in [1.165, 1.54) is 11.0 Å². The minimum atomic E-state index is -0.906. The topological polar surface area (TPSA) is 87.0 Å². The molecule has 3 aromatic rings. The van der Waals surface area contributed by atoms with Crippen molar-refractivity contribution in [3.63, 3.8) is 0 Å². The van der Waals surface area contributed by atoms with Crippen LogP contribution in [0.25, 0.3) is 5.69 Å². The van der Waals surface area contributed by atoms with Crippen molar-refractivity contribution >= 4 is 11.8 Å². The summed E-state index contributed by atoms with van der Waals surface area (Å²) in [6.07, 6.45) is 1.38. The maximum absolute atomic E-state index is 12.6. The molecule has 3 rings (SSSR count). The van der Waals surface area contributed by atoms with Crippen LogP contribution < -0.4 is 0 Å². The van der Waals surface area contributed by atoms with Crippen molar-refractivity contribution in [1.82, 2.24) is 20.2 Å². The fourth-order valence-electron chi connectivity index (χ4n) is 2.53. The van der Waals surface area contributed by atoms with Gasteiger partial charge in [0.2, 0.25) is 5.78 Å². The summed E-state index contributed by atoms with van der Waals surface area (Å²) >= 11 is 0. The molecule has 0 unspecified atom stereocenters. The van der Waals surface area contributed by atoms with Crippen LogP contribution in [0.2, 0.25) is 0 Å². The van der Waals surface area contributed by atoms with E-state index in [4.69, 9.17) is 4.74 Å². The van der Waals surface area contributed by atoms with Crippen LogP contribution in [-0.2, 0) is 11.2 Å². The van der Waals surface area contributed by atoms with E-state index < -0.39 is 12.1 Å². The maximum atomic E-state index is 12.6. The molecule has 0 aliphatic rings. The SMILES string of the molecule is CCc1ccc(C(=O)[C@@H](C)OC(=O)c2ccccc2-n2cnnn2)cc1. The first-order valence-electron chi connectivity index (χ1n) is 8.26. The highest BCUT2D eigenvalue weighted by Crippen LogP contribution is 2.16. The van der Waals surface area contributed by atoms with Gasteiger partial charge in [-0.3, -0.25) is 4.79 Å². The summed E-state index contributed by atoms with van der Waals surface area (Å²) in [5.41, 5.74) is 2.41. The van der Waals surface area contributed by atoms with Gasteiger partial charge in [0, 0.05) is 5.56 Å². The van der Waals surface area contributed by atoms with E-state index in [-0.39, 0.29) is 11.3 Å². The molecule has 0 aliphatic heterocycles. The fraction of sp³-hybridized carbons (Fsp3) is 0.211.